The van der Waals surface area contributed by atoms with Gasteiger partial charge in [-0.25, -0.2) is 0 Å². The highest BCUT2D eigenvalue weighted by Gasteiger charge is 2.34. The largest absolute Gasteiger partial charge is 0.492 e. The third kappa shape index (κ3) is 3.71. The Bertz CT molecular complexity index is 439. The van der Waals surface area contributed by atoms with Crippen molar-refractivity contribution in [2.45, 2.75) is 31.7 Å². The summed E-state index contributed by atoms with van der Waals surface area (Å²) in [5, 5.41) is 6.26. The molecule has 5 nitrogen and oxygen atoms in total. The van der Waals surface area contributed by atoms with Gasteiger partial charge in [0.05, 0.1) is 5.54 Å². The predicted molar refractivity (Wildman–Crippen MR) is 79.9 cm³/mol. The first-order valence-electron chi connectivity index (χ1n) is 7.13. The van der Waals surface area contributed by atoms with Crippen molar-refractivity contribution in [2.24, 2.45) is 5.73 Å². The summed E-state index contributed by atoms with van der Waals surface area (Å²) >= 11 is 0. The van der Waals surface area contributed by atoms with Crippen LogP contribution < -0.4 is 21.1 Å². The average molecular weight is 277 g/mol. The first-order chi connectivity index (χ1) is 9.64. The molecule has 1 atom stereocenters. The number of nitrogens with two attached hydrogens (primary N) is 1. The van der Waals surface area contributed by atoms with E-state index in [2.05, 4.69) is 10.6 Å². The molecule has 1 aliphatic rings. The SMILES string of the molecule is CC1(C(=O)Nc2ccc(OCCN)cc2)CCCCN1. The minimum Gasteiger partial charge on any atom is -0.492 e. The summed E-state index contributed by atoms with van der Waals surface area (Å²) in [4.78, 5) is 12.3. The van der Waals surface area contributed by atoms with Gasteiger partial charge in [0, 0.05) is 12.2 Å². The molecule has 1 aromatic carbocycles. The topological polar surface area (TPSA) is 76.4 Å². The van der Waals surface area contributed by atoms with Crippen molar-refractivity contribution < 1.29 is 9.53 Å². The molecular formula is C15H23N3O2. The standard InChI is InChI=1S/C15H23N3O2/c1-15(8-2-3-10-17-15)14(19)18-12-4-6-13(7-5-12)20-11-9-16/h4-7,17H,2-3,8-11,16H2,1H3,(H,18,19). The average Bonchev–Trinajstić information content (AvgIpc) is 2.47. The Hall–Kier alpha value is -1.59. The van der Waals surface area contributed by atoms with E-state index in [9.17, 15) is 4.79 Å². The quantitative estimate of drug-likeness (QED) is 0.762. The molecule has 1 saturated heterocycles. The van der Waals surface area contributed by atoms with Gasteiger partial charge in [-0.15, -0.1) is 0 Å². The van der Waals surface area contributed by atoms with Crippen molar-refractivity contribution in [3.63, 3.8) is 0 Å². The molecule has 0 aromatic heterocycles. The number of carbonyl (C=O) groups is 1. The first-order valence-corrected chi connectivity index (χ1v) is 7.13. The molecule has 0 radical (unpaired) electrons. The van der Waals surface area contributed by atoms with Gasteiger partial charge in [0.2, 0.25) is 5.91 Å². The third-order valence-electron chi connectivity index (χ3n) is 3.62. The number of carbonyl (C=O) groups excluding carboxylic acids is 1. The van der Waals surface area contributed by atoms with Crippen LogP contribution in [0.2, 0.25) is 0 Å². The molecule has 20 heavy (non-hydrogen) atoms. The number of hydrogen-bond donors (Lipinski definition) is 3. The lowest BCUT2D eigenvalue weighted by molar-refractivity contribution is -0.122. The van der Waals surface area contributed by atoms with Gasteiger partial charge in [0.25, 0.3) is 0 Å². The maximum atomic E-state index is 12.3. The zero-order valence-electron chi connectivity index (χ0n) is 11.9. The van der Waals surface area contributed by atoms with E-state index in [1.54, 1.807) is 0 Å². The molecule has 110 valence electrons. The van der Waals surface area contributed by atoms with E-state index in [1.807, 2.05) is 31.2 Å². The Morgan fingerprint density at radius 2 is 2.15 bits per heavy atom. The monoisotopic (exact) mass is 277 g/mol. The van der Waals surface area contributed by atoms with E-state index >= 15 is 0 Å². The molecule has 4 N–H and O–H groups in total. The first kappa shape index (κ1) is 14.8. The molecule has 1 aromatic rings. The van der Waals surface area contributed by atoms with Gasteiger partial charge in [-0.05, 0) is 57.0 Å². The van der Waals surface area contributed by atoms with Crippen molar-refractivity contribution in [3.05, 3.63) is 24.3 Å². The highest BCUT2D eigenvalue weighted by molar-refractivity contribution is 5.97. The fourth-order valence-corrected chi connectivity index (χ4v) is 2.33. The summed E-state index contributed by atoms with van der Waals surface area (Å²) in [7, 11) is 0. The second kappa shape index (κ2) is 6.72. The van der Waals surface area contributed by atoms with Gasteiger partial charge in [-0.3, -0.25) is 4.79 Å². The number of hydrogen-bond acceptors (Lipinski definition) is 4. The fraction of sp³-hybridized carbons (Fsp3) is 0.533. The van der Waals surface area contributed by atoms with E-state index in [0.29, 0.717) is 13.2 Å². The number of piperidine rings is 1. The minimum atomic E-state index is -0.465. The van der Waals surface area contributed by atoms with E-state index in [1.165, 1.54) is 0 Å². The lowest BCUT2D eigenvalue weighted by Gasteiger charge is -2.33. The van der Waals surface area contributed by atoms with Gasteiger partial charge in [0.1, 0.15) is 12.4 Å². The number of anilines is 1. The fourth-order valence-electron chi connectivity index (χ4n) is 2.33. The van der Waals surface area contributed by atoms with E-state index < -0.39 is 5.54 Å². The van der Waals surface area contributed by atoms with Crippen LogP contribution in [0.5, 0.6) is 5.75 Å². The molecule has 1 heterocycles. The Morgan fingerprint density at radius 1 is 1.40 bits per heavy atom. The molecule has 0 spiro atoms. The van der Waals surface area contributed by atoms with Crippen LogP contribution in [0.3, 0.4) is 0 Å². The Morgan fingerprint density at radius 3 is 2.75 bits per heavy atom. The van der Waals surface area contributed by atoms with Gasteiger partial charge < -0.3 is 21.1 Å². The number of ether oxygens (including phenoxy) is 1. The van der Waals surface area contributed by atoms with Crippen LogP contribution in [0.25, 0.3) is 0 Å². The van der Waals surface area contributed by atoms with Crippen molar-refractivity contribution in [1.29, 1.82) is 0 Å². The third-order valence-corrected chi connectivity index (χ3v) is 3.62. The molecule has 5 heteroatoms. The van der Waals surface area contributed by atoms with E-state index in [4.69, 9.17) is 10.5 Å². The van der Waals surface area contributed by atoms with Gasteiger partial charge >= 0.3 is 0 Å². The van der Waals surface area contributed by atoms with E-state index in [0.717, 1.165) is 37.2 Å². The summed E-state index contributed by atoms with van der Waals surface area (Å²) < 4.78 is 5.40. The van der Waals surface area contributed by atoms with E-state index in [-0.39, 0.29) is 5.91 Å². The van der Waals surface area contributed by atoms with Crippen molar-refractivity contribution in [1.82, 2.24) is 5.32 Å². The molecule has 0 bridgehead atoms. The summed E-state index contributed by atoms with van der Waals surface area (Å²) in [6.07, 6.45) is 3.09. The van der Waals surface area contributed by atoms with Gasteiger partial charge in [0.15, 0.2) is 0 Å². The molecule has 0 aliphatic carbocycles. The Kier molecular flexibility index (Phi) is 4.98. The summed E-state index contributed by atoms with van der Waals surface area (Å²) in [5.74, 6) is 0.781. The second-order valence-electron chi connectivity index (χ2n) is 5.33. The number of nitrogens with one attached hydrogen (secondary N) is 2. The van der Waals surface area contributed by atoms with Crippen LogP contribution in [-0.4, -0.2) is 31.1 Å². The zero-order chi connectivity index (χ0) is 14.4. The summed E-state index contributed by atoms with van der Waals surface area (Å²) in [5.41, 5.74) is 5.70. The van der Waals surface area contributed by atoms with Crippen LogP contribution in [0.15, 0.2) is 24.3 Å². The predicted octanol–water partition coefficient (Wildman–Crippen LogP) is 1.49. The smallest absolute Gasteiger partial charge is 0.244 e. The maximum Gasteiger partial charge on any atom is 0.244 e. The molecule has 1 fully saturated rings. The number of benzene rings is 1. The molecule has 1 amide bonds. The highest BCUT2D eigenvalue weighted by atomic mass is 16.5. The summed E-state index contributed by atoms with van der Waals surface area (Å²) in [6.45, 7) is 3.84. The molecule has 1 aliphatic heterocycles. The van der Waals surface area contributed by atoms with Crippen molar-refractivity contribution >= 4 is 11.6 Å². The normalized spacial score (nSPS) is 22.3. The Balaban J connectivity index is 1.93. The summed E-state index contributed by atoms with van der Waals surface area (Å²) in [6, 6.07) is 7.36. The maximum absolute atomic E-state index is 12.3. The lowest BCUT2D eigenvalue weighted by atomic mass is 9.90. The molecular weight excluding hydrogens is 254 g/mol. The van der Waals surface area contributed by atoms with Gasteiger partial charge in [-0.2, -0.15) is 0 Å². The Labute approximate surface area is 119 Å². The van der Waals surface area contributed by atoms with Crippen LogP contribution in [0, 0.1) is 0 Å². The van der Waals surface area contributed by atoms with Gasteiger partial charge in [-0.1, -0.05) is 0 Å². The second-order valence-corrected chi connectivity index (χ2v) is 5.33. The molecule has 1 unspecified atom stereocenters. The van der Waals surface area contributed by atoms with Crippen LogP contribution in [0.4, 0.5) is 5.69 Å². The van der Waals surface area contributed by atoms with Crippen LogP contribution >= 0.6 is 0 Å². The van der Waals surface area contributed by atoms with Crippen molar-refractivity contribution in [3.8, 4) is 5.75 Å². The van der Waals surface area contributed by atoms with Crippen LogP contribution in [0.1, 0.15) is 26.2 Å². The number of rotatable bonds is 5. The number of amides is 1. The minimum absolute atomic E-state index is 0.0211. The zero-order valence-corrected chi connectivity index (χ0v) is 11.9. The highest BCUT2D eigenvalue weighted by Crippen LogP contribution is 2.22. The molecule has 2 rings (SSSR count). The molecule has 0 saturated carbocycles. The van der Waals surface area contributed by atoms with Crippen LogP contribution in [-0.2, 0) is 4.79 Å². The lowest BCUT2D eigenvalue weighted by Crippen LogP contribution is -2.54. The van der Waals surface area contributed by atoms with Crippen molar-refractivity contribution in [2.75, 3.05) is 25.0 Å².